The molecule has 1 rings (SSSR count). The van der Waals surface area contributed by atoms with Crippen molar-refractivity contribution in [1.29, 1.82) is 0 Å². The number of methoxy groups -OCH3 is 1. The third-order valence-corrected chi connectivity index (χ3v) is 2.73. The van der Waals surface area contributed by atoms with Crippen molar-refractivity contribution in [3.05, 3.63) is 29.3 Å². The van der Waals surface area contributed by atoms with Crippen molar-refractivity contribution in [2.75, 3.05) is 27.2 Å². The summed E-state index contributed by atoms with van der Waals surface area (Å²) in [5.74, 6) is 6.75. The Morgan fingerprint density at radius 2 is 2.10 bits per heavy atom. The van der Waals surface area contributed by atoms with E-state index in [1.807, 2.05) is 25.2 Å². The third-order valence-electron chi connectivity index (χ3n) is 2.73. The lowest BCUT2D eigenvalue weighted by Gasteiger charge is -2.26. The van der Waals surface area contributed by atoms with Gasteiger partial charge in [-0.2, -0.15) is 0 Å². The maximum absolute atomic E-state index is 9.87. The molecule has 0 bridgehead atoms. The summed E-state index contributed by atoms with van der Waals surface area (Å²) in [5, 5.41) is 9.87. The van der Waals surface area contributed by atoms with Gasteiger partial charge in [0.25, 0.3) is 0 Å². The van der Waals surface area contributed by atoms with Crippen molar-refractivity contribution in [3.63, 3.8) is 0 Å². The van der Waals surface area contributed by atoms with E-state index in [9.17, 15) is 5.11 Å². The molecule has 20 heavy (non-hydrogen) atoms. The fourth-order valence-electron chi connectivity index (χ4n) is 2.10. The summed E-state index contributed by atoms with van der Waals surface area (Å²) in [4.78, 5) is 2.06. The molecule has 0 unspecified atom stereocenters. The predicted molar refractivity (Wildman–Crippen MR) is 81.6 cm³/mol. The molecule has 0 fully saturated rings. The molecule has 0 radical (unpaired) electrons. The van der Waals surface area contributed by atoms with E-state index in [2.05, 4.69) is 16.7 Å². The fraction of sp³-hybridized carbons (Fsp3) is 0.500. The monoisotopic (exact) mass is 276 g/mol. The highest BCUT2D eigenvalue weighted by Gasteiger charge is 2.16. The minimum absolute atomic E-state index is 0.338. The van der Waals surface area contributed by atoms with Gasteiger partial charge in [0.2, 0.25) is 0 Å². The molecule has 0 saturated heterocycles. The van der Waals surface area contributed by atoms with Gasteiger partial charge in [0, 0.05) is 18.7 Å². The summed E-state index contributed by atoms with van der Waals surface area (Å²) < 4.78 is 5.26. The van der Waals surface area contributed by atoms with Gasteiger partial charge in [0.05, 0.1) is 19.3 Å². The van der Waals surface area contributed by atoms with E-state index in [0.717, 1.165) is 16.9 Å². The summed E-state index contributed by atoms with van der Waals surface area (Å²) in [6.07, 6.45) is 0. The smallest absolute Gasteiger partial charge is 0.119 e. The quantitative estimate of drug-likeness (QED) is 0.794. The summed E-state index contributed by atoms with van der Waals surface area (Å²) in [7, 11) is 3.61. The fourth-order valence-corrected chi connectivity index (χ4v) is 2.10. The van der Waals surface area contributed by atoms with Crippen LogP contribution >= 0.6 is 0 Å². The summed E-state index contributed by atoms with van der Waals surface area (Å²) in [5.41, 5.74) is 6.71. The van der Waals surface area contributed by atoms with Crippen LogP contribution in [0.3, 0.4) is 0 Å². The van der Waals surface area contributed by atoms with Crippen LogP contribution in [-0.4, -0.2) is 42.9 Å². The van der Waals surface area contributed by atoms with Crippen molar-refractivity contribution in [1.82, 2.24) is 4.90 Å². The molecular formula is C16H24N2O2. The standard InChI is InChI=1S/C16H24N2O2/c1-16(2,19)12-18(3)11-14-10-15(20-4)8-7-13(14)6-5-9-17/h7-8,10,19H,9,11-12,17H2,1-4H3. The first-order chi connectivity index (χ1) is 9.35. The molecule has 1 aromatic carbocycles. The van der Waals surface area contributed by atoms with E-state index in [1.54, 1.807) is 21.0 Å². The molecule has 0 aliphatic carbocycles. The molecule has 0 amide bonds. The number of nitrogens with two attached hydrogens (primary N) is 1. The third kappa shape index (κ3) is 5.62. The van der Waals surface area contributed by atoms with Crippen molar-refractivity contribution in [2.45, 2.75) is 26.0 Å². The van der Waals surface area contributed by atoms with E-state index in [0.29, 0.717) is 19.6 Å². The summed E-state index contributed by atoms with van der Waals surface area (Å²) >= 11 is 0. The highest BCUT2D eigenvalue weighted by Crippen LogP contribution is 2.19. The number of hydrogen-bond acceptors (Lipinski definition) is 4. The Bertz CT molecular complexity index is 495. The van der Waals surface area contributed by atoms with Gasteiger partial charge in [-0.15, -0.1) is 0 Å². The van der Waals surface area contributed by atoms with Crippen LogP contribution in [-0.2, 0) is 6.54 Å². The number of rotatable bonds is 5. The van der Waals surface area contributed by atoms with E-state index in [1.165, 1.54) is 0 Å². The Kier molecular flexibility index (Phi) is 6.03. The lowest BCUT2D eigenvalue weighted by Crippen LogP contribution is -2.35. The van der Waals surface area contributed by atoms with Crippen LogP contribution in [0, 0.1) is 11.8 Å². The Morgan fingerprint density at radius 1 is 1.40 bits per heavy atom. The molecule has 1 aromatic rings. The molecular weight excluding hydrogens is 252 g/mol. The lowest BCUT2D eigenvalue weighted by molar-refractivity contribution is 0.0424. The zero-order valence-electron chi connectivity index (χ0n) is 12.7. The SMILES string of the molecule is COc1ccc(C#CCN)c(CN(C)CC(C)(C)O)c1. The van der Waals surface area contributed by atoms with Gasteiger partial charge in [0.15, 0.2) is 0 Å². The molecule has 0 atom stereocenters. The molecule has 4 nitrogen and oxygen atoms in total. The maximum Gasteiger partial charge on any atom is 0.119 e. The van der Waals surface area contributed by atoms with Crippen molar-refractivity contribution < 1.29 is 9.84 Å². The zero-order valence-corrected chi connectivity index (χ0v) is 12.7. The Labute approximate surface area is 121 Å². The van der Waals surface area contributed by atoms with E-state index >= 15 is 0 Å². The predicted octanol–water partition coefficient (Wildman–Crippen LogP) is 1.21. The normalized spacial score (nSPS) is 11.2. The molecule has 0 saturated carbocycles. The van der Waals surface area contributed by atoms with Gasteiger partial charge in [-0.05, 0) is 44.7 Å². The van der Waals surface area contributed by atoms with E-state index in [-0.39, 0.29) is 0 Å². The summed E-state index contributed by atoms with van der Waals surface area (Å²) in [6, 6.07) is 5.80. The van der Waals surface area contributed by atoms with Crippen molar-refractivity contribution >= 4 is 0 Å². The number of benzene rings is 1. The molecule has 110 valence electrons. The minimum atomic E-state index is -0.725. The molecule has 0 spiro atoms. The second-order valence-electron chi connectivity index (χ2n) is 5.51. The molecule has 0 aromatic heterocycles. The van der Waals surface area contributed by atoms with Crippen LogP contribution in [0.15, 0.2) is 18.2 Å². The largest absolute Gasteiger partial charge is 0.497 e. The number of ether oxygens (including phenoxy) is 1. The first-order valence-electron chi connectivity index (χ1n) is 6.62. The van der Waals surface area contributed by atoms with Crippen LogP contribution in [0.25, 0.3) is 0 Å². The van der Waals surface area contributed by atoms with E-state index < -0.39 is 5.60 Å². The van der Waals surface area contributed by atoms with Crippen LogP contribution < -0.4 is 10.5 Å². The second kappa shape index (κ2) is 7.30. The Balaban J connectivity index is 2.95. The number of nitrogens with zero attached hydrogens (tertiary/aromatic N) is 1. The van der Waals surface area contributed by atoms with E-state index in [4.69, 9.17) is 10.5 Å². The molecule has 0 aliphatic heterocycles. The van der Waals surface area contributed by atoms with Crippen molar-refractivity contribution in [2.24, 2.45) is 5.73 Å². The van der Waals surface area contributed by atoms with Gasteiger partial charge in [-0.25, -0.2) is 0 Å². The number of likely N-dealkylation sites (N-methyl/N-ethyl adjacent to an activating group) is 1. The van der Waals surface area contributed by atoms with Gasteiger partial charge in [-0.3, -0.25) is 4.90 Å². The van der Waals surface area contributed by atoms with Gasteiger partial charge in [0.1, 0.15) is 5.75 Å². The molecule has 3 N–H and O–H groups in total. The molecule has 0 aliphatic rings. The first kappa shape index (κ1) is 16.5. The average Bonchev–Trinajstić information content (AvgIpc) is 2.34. The van der Waals surface area contributed by atoms with Crippen LogP contribution in [0.2, 0.25) is 0 Å². The van der Waals surface area contributed by atoms with Gasteiger partial charge in [-0.1, -0.05) is 11.8 Å². The molecule has 4 heteroatoms. The lowest BCUT2D eigenvalue weighted by atomic mass is 10.1. The zero-order chi connectivity index (χ0) is 15.2. The summed E-state index contributed by atoms with van der Waals surface area (Å²) in [6.45, 7) is 5.20. The van der Waals surface area contributed by atoms with Gasteiger partial charge < -0.3 is 15.6 Å². The van der Waals surface area contributed by atoms with Crippen LogP contribution in [0.1, 0.15) is 25.0 Å². The van der Waals surface area contributed by atoms with Gasteiger partial charge >= 0.3 is 0 Å². The highest BCUT2D eigenvalue weighted by molar-refractivity contribution is 5.45. The molecule has 0 heterocycles. The topological polar surface area (TPSA) is 58.7 Å². The van der Waals surface area contributed by atoms with Crippen LogP contribution in [0.4, 0.5) is 0 Å². The average molecular weight is 276 g/mol. The maximum atomic E-state index is 9.87. The second-order valence-corrected chi connectivity index (χ2v) is 5.51. The Hall–Kier alpha value is -1.54. The Morgan fingerprint density at radius 3 is 2.65 bits per heavy atom. The number of hydrogen-bond donors (Lipinski definition) is 2. The first-order valence-corrected chi connectivity index (χ1v) is 6.62. The number of aliphatic hydroxyl groups is 1. The highest BCUT2D eigenvalue weighted by atomic mass is 16.5. The van der Waals surface area contributed by atoms with Crippen molar-refractivity contribution in [3.8, 4) is 17.6 Å². The minimum Gasteiger partial charge on any atom is -0.497 e. The van der Waals surface area contributed by atoms with Crippen LogP contribution in [0.5, 0.6) is 5.75 Å².